The molecule has 15 nitrogen and oxygen atoms in total. The Hall–Kier alpha value is -0.600. The van der Waals surface area contributed by atoms with E-state index in [-0.39, 0.29) is 0 Å². The van der Waals surface area contributed by atoms with Gasteiger partial charge in [0.15, 0.2) is 0 Å². The molecule has 2 fully saturated rings. The number of aliphatic hydroxyl groups excluding tert-OH is 11. The van der Waals surface area contributed by atoms with Gasteiger partial charge in [0.05, 0.1) is 26.4 Å². The van der Waals surface area contributed by atoms with Gasteiger partial charge >= 0.3 is 0 Å². The van der Waals surface area contributed by atoms with Crippen molar-refractivity contribution in [3.8, 4) is 0 Å². The molecule has 0 aliphatic carbocycles. The molecule has 0 aromatic carbocycles. The first-order chi connectivity index (χ1) is 15.0. The summed E-state index contributed by atoms with van der Waals surface area (Å²) >= 11 is 0. The van der Waals surface area contributed by atoms with Crippen LogP contribution >= 0.6 is 0 Å². The SMILES string of the molecule is OC[C@H]1O[C@@](CO)(OC[C@@H](O)C(O)[C@H](O)CO[C@]2(CO)O[C@H](CO)[C@@H](O)[C@@H]2O)[C@@H](O)[C@@H]1O. The van der Waals surface area contributed by atoms with Crippen LogP contribution in [0.4, 0.5) is 0 Å². The van der Waals surface area contributed by atoms with E-state index in [0.29, 0.717) is 0 Å². The van der Waals surface area contributed by atoms with E-state index in [4.69, 9.17) is 29.2 Å². The van der Waals surface area contributed by atoms with Crippen molar-refractivity contribution < 1.29 is 75.1 Å². The molecule has 0 amide bonds. The highest BCUT2D eigenvalue weighted by molar-refractivity contribution is 4.98. The van der Waals surface area contributed by atoms with Crippen LogP contribution in [-0.4, -0.2) is 162 Å². The van der Waals surface area contributed by atoms with E-state index < -0.39 is 106 Å². The first-order valence-corrected chi connectivity index (χ1v) is 9.86. The molecule has 10 atom stereocenters. The van der Waals surface area contributed by atoms with Gasteiger partial charge in [-0.25, -0.2) is 0 Å². The molecule has 0 saturated carbocycles. The van der Waals surface area contributed by atoms with Gasteiger partial charge in [-0.15, -0.1) is 0 Å². The fourth-order valence-corrected chi connectivity index (χ4v) is 3.51. The van der Waals surface area contributed by atoms with E-state index in [1.807, 2.05) is 0 Å². The Labute approximate surface area is 182 Å². The first-order valence-electron chi connectivity index (χ1n) is 9.86. The summed E-state index contributed by atoms with van der Waals surface area (Å²) in [6, 6.07) is 0. The predicted octanol–water partition coefficient (Wildman–Crippen LogP) is -7.29. The molecule has 0 radical (unpaired) electrons. The van der Waals surface area contributed by atoms with Gasteiger partial charge in [-0.2, -0.15) is 0 Å². The maximum absolute atomic E-state index is 10.1. The van der Waals surface area contributed by atoms with Crippen molar-refractivity contribution in [3.63, 3.8) is 0 Å². The normalized spacial score (nSPS) is 42.0. The quantitative estimate of drug-likeness (QED) is 0.125. The fourth-order valence-electron chi connectivity index (χ4n) is 3.51. The van der Waals surface area contributed by atoms with Crippen molar-refractivity contribution >= 4 is 0 Å². The van der Waals surface area contributed by atoms with Gasteiger partial charge in [0.2, 0.25) is 11.6 Å². The van der Waals surface area contributed by atoms with Crippen molar-refractivity contribution in [2.24, 2.45) is 0 Å². The third-order valence-corrected chi connectivity index (χ3v) is 5.60. The number of ether oxygens (including phenoxy) is 4. The van der Waals surface area contributed by atoms with Gasteiger partial charge in [-0.1, -0.05) is 0 Å². The van der Waals surface area contributed by atoms with Crippen LogP contribution in [0, 0.1) is 0 Å². The summed E-state index contributed by atoms with van der Waals surface area (Å²) in [5, 5.41) is 107. The molecule has 0 unspecified atom stereocenters. The number of hydrogen-bond acceptors (Lipinski definition) is 15. The summed E-state index contributed by atoms with van der Waals surface area (Å²) in [6.45, 7) is -4.96. The van der Waals surface area contributed by atoms with Crippen molar-refractivity contribution in [3.05, 3.63) is 0 Å². The van der Waals surface area contributed by atoms with E-state index in [1.54, 1.807) is 0 Å². The average molecular weight is 476 g/mol. The van der Waals surface area contributed by atoms with Gasteiger partial charge < -0.3 is 75.1 Å². The lowest BCUT2D eigenvalue weighted by Crippen LogP contribution is -2.53. The number of aliphatic hydroxyl groups is 11. The molecule has 2 heterocycles. The minimum absolute atomic E-state index is 0.697. The zero-order valence-electron chi connectivity index (χ0n) is 17.0. The van der Waals surface area contributed by atoms with E-state index in [1.165, 1.54) is 0 Å². The molecule has 0 bridgehead atoms. The Morgan fingerprint density at radius 1 is 0.656 bits per heavy atom. The summed E-state index contributed by atoms with van der Waals surface area (Å²) in [4.78, 5) is 0. The highest BCUT2D eigenvalue weighted by Gasteiger charge is 2.56. The second kappa shape index (κ2) is 11.2. The van der Waals surface area contributed by atoms with Crippen LogP contribution in [0.25, 0.3) is 0 Å². The summed E-state index contributed by atoms with van der Waals surface area (Å²) in [6.07, 6.45) is -15.0. The molecule has 0 aromatic rings. The van der Waals surface area contributed by atoms with Gasteiger partial charge in [0, 0.05) is 0 Å². The maximum Gasteiger partial charge on any atom is 0.221 e. The topological polar surface area (TPSA) is 259 Å². The number of rotatable bonds is 12. The third-order valence-electron chi connectivity index (χ3n) is 5.60. The summed E-state index contributed by atoms with van der Waals surface area (Å²) in [5.41, 5.74) is 0. The standard InChI is InChI=1S/C17H32O15/c18-1-9-12(25)14(27)16(5-20,31-9)29-3-7(22)11(24)8(23)4-30-17(6-21)15(28)13(26)10(2-19)32-17/h7-15,18-28H,1-6H2/t7-,8-,9-,10-,12-,13-,14+,15+,16-,17-/m1/s1. The molecular weight excluding hydrogens is 444 g/mol. The molecule has 190 valence electrons. The number of hydrogen-bond donors (Lipinski definition) is 11. The lowest BCUT2D eigenvalue weighted by Gasteiger charge is -2.34. The minimum Gasteiger partial charge on any atom is -0.394 e. The monoisotopic (exact) mass is 476 g/mol. The Morgan fingerprint density at radius 3 is 1.25 bits per heavy atom. The highest BCUT2D eigenvalue weighted by atomic mass is 16.7. The third kappa shape index (κ3) is 5.22. The highest BCUT2D eigenvalue weighted by Crippen LogP contribution is 2.34. The Balaban J connectivity index is 1.93. The summed E-state index contributed by atoms with van der Waals surface area (Å²) < 4.78 is 20.5. The van der Waals surface area contributed by atoms with E-state index in [0.717, 1.165) is 0 Å². The van der Waals surface area contributed by atoms with Gasteiger partial charge in [0.1, 0.15) is 68.1 Å². The zero-order chi connectivity index (χ0) is 24.3. The van der Waals surface area contributed by atoms with Crippen molar-refractivity contribution in [2.75, 3.05) is 39.6 Å². The molecule has 0 aromatic heterocycles. The second-order valence-corrected chi connectivity index (χ2v) is 7.74. The predicted molar refractivity (Wildman–Crippen MR) is 97.5 cm³/mol. The summed E-state index contributed by atoms with van der Waals surface area (Å²) in [7, 11) is 0. The van der Waals surface area contributed by atoms with Crippen LogP contribution in [0.15, 0.2) is 0 Å². The van der Waals surface area contributed by atoms with Crippen LogP contribution in [0.3, 0.4) is 0 Å². The molecule has 32 heavy (non-hydrogen) atoms. The van der Waals surface area contributed by atoms with Crippen molar-refractivity contribution in [2.45, 2.75) is 66.5 Å². The average Bonchev–Trinajstić information content (AvgIpc) is 3.20. The van der Waals surface area contributed by atoms with Crippen LogP contribution in [0.5, 0.6) is 0 Å². The molecule has 2 rings (SSSR count). The molecule has 2 aliphatic heterocycles. The lowest BCUT2D eigenvalue weighted by molar-refractivity contribution is -0.294. The van der Waals surface area contributed by atoms with Crippen molar-refractivity contribution in [1.29, 1.82) is 0 Å². The first kappa shape index (κ1) is 27.6. The Morgan fingerprint density at radius 2 is 1.00 bits per heavy atom. The minimum atomic E-state index is -2.20. The van der Waals surface area contributed by atoms with E-state index >= 15 is 0 Å². The molecule has 0 spiro atoms. The molecular formula is C17H32O15. The van der Waals surface area contributed by atoms with Crippen molar-refractivity contribution in [1.82, 2.24) is 0 Å². The van der Waals surface area contributed by atoms with Crippen LogP contribution in [0.1, 0.15) is 0 Å². The lowest BCUT2D eigenvalue weighted by atomic mass is 10.0. The van der Waals surface area contributed by atoms with E-state index in [2.05, 4.69) is 0 Å². The Kier molecular flexibility index (Phi) is 9.69. The zero-order valence-corrected chi connectivity index (χ0v) is 17.0. The molecule has 2 saturated heterocycles. The molecule has 2 aliphatic rings. The van der Waals surface area contributed by atoms with Gasteiger partial charge in [0.25, 0.3) is 0 Å². The maximum atomic E-state index is 10.1. The second-order valence-electron chi connectivity index (χ2n) is 7.74. The van der Waals surface area contributed by atoms with Crippen LogP contribution in [0.2, 0.25) is 0 Å². The summed E-state index contributed by atoms with van der Waals surface area (Å²) in [5.74, 6) is -4.40. The smallest absolute Gasteiger partial charge is 0.221 e. The fraction of sp³-hybridized carbons (Fsp3) is 1.00. The molecule has 15 heteroatoms. The molecule has 11 N–H and O–H groups in total. The van der Waals surface area contributed by atoms with Gasteiger partial charge in [-0.3, -0.25) is 0 Å². The largest absolute Gasteiger partial charge is 0.394 e. The Bertz CT molecular complexity index is 534. The van der Waals surface area contributed by atoms with E-state index in [9.17, 15) is 46.0 Å². The van der Waals surface area contributed by atoms with Crippen LogP contribution in [-0.2, 0) is 18.9 Å². The van der Waals surface area contributed by atoms with Crippen LogP contribution < -0.4 is 0 Å². The van der Waals surface area contributed by atoms with Gasteiger partial charge in [-0.05, 0) is 0 Å².